The van der Waals surface area contributed by atoms with E-state index in [2.05, 4.69) is 24.4 Å². The Morgan fingerprint density at radius 2 is 1.85 bits per heavy atom. The van der Waals surface area contributed by atoms with Gasteiger partial charge in [0.2, 0.25) is 0 Å². The van der Waals surface area contributed by atoms with E-state index < -0.39 is 11.7 Å². The zero-order valence-corrected chi connectivity index (χ0v) is 15.5. The monoisotopic (exact) mass is 365 g/mol. The van der Waals surface area contributed by atoms with Gasteiger partial charge in [-0.05, 0) is 37.1 Å². The molecule has 0 aliphatic rings. The Morgan fingerprint density at radius 1 is 1.11 bits per heavy atom. The summed E-state index contributed by atoms with van der Waals surface area (Å²) in [5.74, 6) is 0.561. The van der Waals surface area contributed by atoms with Crippen molar-refractivity contribution in [2.24, 2.45) is 0 Å². The lowest BCUT2D eigenvalue weighted by Crippen LogP contribution is -2.38. The molecule has 27 heavy (non-hydrogen) atoms. The van der Waals surface area contributed by atoms with E-state index in [1.807, 2.05) is 18.2 Å². The van der Waals surface area contributed by atoms with Crippen molar-refractivity contribution >= 4 is 16.9 Å². The number of fused-ring (bicyclic) bond motifs is 1. The van der Waals surface area contributed by atoms with Gasteiger partial charge in [0.15, 0.2) is 6.10 Å². The van der Waals surface area contributed by atoms with Gasteiger partial charge in [0.05, 0.1) is 0 Å². The average molecular weight is 365 g/mol. The first-order chi connectivity index (χ1) is 13.1. The van der Waals surface area contributed by atoms with Gasteiger partial charge in [0.25, 0.3) is 5.91 Å². The van der Waals surface area contributed by atoms with Gasteiger partial charge in [0, 0.05) is 30.0 Å². The van der Waals surface area contributed by atoms with Gasteiger partial charge in [-0.3, -0.25) is 4.79 Å². The molecule has 3 aromatic rings. The molecule has 1 aromatic heterocycles. The average Bonchev–Trinajstić information content (AvgIpc) is 2.68. The number of amides is 1. The summed E-state index contributed by atoms with van der Waals surface area (Å²) in [4.78, 5) is 23.8. The van der Waals surface area contributed by atoms with E-state index in [9.17, 15) is 9.59 Å². The van der Waals surface area contributed by atoms with Crippen LogP contribution in [-0.2, 0) is 4.79 Å². The van der Waals surface area contributed by atoms with Gasteiger partial charge in [-0.15, -0.1) is 0 Å². The summed E-state index contributed by atoms with van der Waals surface area (Å²) in [6.45, 7) is 4.36. The lowest BCUT2D eigenvalue weighted by molar-refractivity contribution is -0.127. The quantitative estimate of drug-likeness (QED) is 0.646. The molecule has 0 saturated carbocycles. The van der Waals surface area contributed by atoms with Gasteiger partial charge >= 0.3 is 5.63 Å². The molecule has 3 rings (SSSR count). The van der Waals surface area contributed by atoms with Crippen molar-refractivity contribution in [3.63, 3.8) is 0 Å². The van der Waals surface area contributed by atoms with Crippen LogP contribution in [0.3, 0.4) is 0 Å². The number of ether oxygens (including phenoxy) is 1. The number of carbonyl (C=O) groups excluding carboxylic acids is 1. The highest BCUT2D eigenvalue weighted by atomic mass is 16.5. The maximum absolute atomic E-state index is 12.4. The summed E-state index contributed by atoms with van der Waals surface area (Å²) in [5.41, 5.74) is 1.22. The van der Waals surface area contributed by atoms with E-state index in [0.29, 0.717) is 17.9 Å². The Balaban J connectivity index is 1.61. The van der Waals surface area contributed by atoms with Crippen LogP contribution in [-0.4, -0.2) is 18.6 Å². The molecule has 5 heteroatoms. The third-order valence-electron chi connectivity index (χ3n) is 4.56. The molecule has 0 unspecified atom stereocenters. The van der Waals surface area contributed by atoms with Crippen molar-refractivity contribution in [3.05, 3.63) is 76.6 Å². The van der Waals surface area contributed by atoms with E-state index in [4.69, 9.17) is 9.15 Å². The van der Waals surface area contributed by atoms with E-state index in [-0.39, 0.29) is 11.8 Å². The minimum atomic E-state index is -0.661. The number of hydrogen-bond donors (Lipinski definition) is 1. The molecule has 0 bridgehead atoms. The zero-order chi connectivity index (χ0) is 19.2. The smallest absolute Gasteiger partial charge is 0.336 e. The minimum absolute atomic E-state index is 0.181. The number of rotatable bonds is 7. The molecule has 1 N–H and O–H groups in total. The Morgan fingerprint density at radius 3 is 2.59 bits per heavy atom. The number of nitrogens with one attached hydrogen (secondary N) is 1. The topological polar surface area (TPSA) is 68.5 Å². The van der Waals surface area contributed by atoms with Gasteiger partial charge in [-0.2, -0.15) is 0 Å². The first-order valence-corrected chi connectivity index (χ1v) is 9.10. The van der Waals surface area contributed by atoms with Crippen LogP contribution in [0.15, 0.2) is 69.9 Å². The van der Waals surface area contributed by atoms with Crippen LogP contribution in [0.1, 0.15) is 31.7 Å². The molecule has 1 amide bonds. The van der Waals surface area contributed by atoms with Crippen LogP contribution in [0, 0.1) is 0 Å². The van der Waals surface area contributed by atoms with Crippen LogP contribution in [0.4, 0.5) is 0 Å². The van der Waals surface area contributed by atoms with Crippen molar-refractivity contribution < 1.29 is 13.9 Å². The SMILES string of the molecule is CC[C@@H](CNC(=O)[C@H](C)Oc1ccc2ccc(=O)oc2c1)c1ccccc1. The van der Waals surface area contributed by atoms with Crippen LogP contribution < -0.4 is 15.7 Å². The molecule has 0 aliphatic heterocycles. The van der Waals surface area contributed by atoms with Gasteiger partial charge < -0.3 is 14.5 Å². The lowest BCUT2D eigenvalue weighted by Gasteiger charge is -2.19. The minimum Gasteiger partial charge on any atom is -0.481 e. The fourth-order valence-corrected chi connectivity index (χ4v) is 2.96. The Hall–Kier alpha value is -3.08. The summed E-state index contributed by atoms with van der Waals surface area (Å²) in [6.07, 6.45) is 0.273. The molecule has 5 nitrogen and oxygen atoms in total. The molecule has 0 spiro atoms. The lowest BCUT2D eigenvalue weighted by atomic mass is 9.96. The highest BCUT2D eigenvalue weighted by Gasteiger charge is 2.17. The normalized spacial score (nSPS) is 13.1. The molecular weight excluding hydrogens is 342 g/mol. The van der Waals surface area contributed by atoms with Crippen molar-refractivity contribution in [1.29, 1.82) is 0 Å². The van der Waals surface area contributed by atoms with Gasteiger partial charge in [-0.1, -0.05) is 37.3 Å². The first kappa shape index (κ1) is 18.7. The summed E-state index contributed by atoms with van der Waals surface area (Å²) < 4.78 is 10.9. The largest absolute Gasteiger partial charge is 0.481 e. The Bertz CT molecular complexity index is 965. The first-order valence-electron chi connectivity index (χ1n) is 9.10. The van der Waals surface area contributed by atoms with E-state index in [0.717, 1.165) is 11.8 Å². The van der Waals surface area contributed by atoms with Crippen molar-refractivity contribution in [1.82, 2.24) is 5.32 Å². The predicted octanol–water partition coefficient (Wildman–Crippen LogP) is 3.87. The third-order valence-corrected chi connectivity index (χ3v) is 4.56. The second-order valence-corrected chi connectivity index (χ2v) is 6.48. The van der Waals surface area contributed by atoms with E-state index in [1.54, 1.807) is 31.2 Å². The fraction of sp³-hybridized carbons (Fsp3) is 0.273. The standard InChI is InChI=1S/C22H23NO4/c1-3-16(17-7-5-4-6-8-17)14-23-22(25)15(2)26-19-11-9-18-10-12-21(24)27-20(18)13-19/h4-13,15-16H,3,14H2,1-2H3,(H,23,25)/t15-,16-/m0/s1. The molecule has 0 aliphatic carbocycles. The fourth-order valence-electron chi connectivity index (χ4n) is 2.96. The second kappa shape index (κ2) is 8.54. The van der Waals surface area contributed by atoms with Crippen molar-refractivity contribution in [2.45, 2.75) is 32.3 Å². The molecule has 1 heterocycles. The maximum atomic E-state index is 12.4. The molecule has 140 valence electrons. The zero-order valence-electron chi connectivity index (χ0n) is 15.5. The molecular formula is C22H23NO4. The summed E-state index contributed by atoms with van der Waals surface area (Å²) in [7, 11) is 0. The molecule has 0 fully saturated rings. The van der Waals surface area contributed by atoms with Crippen molar-refractivity contribution in [3.8, 4) is 5.75 Å². The molecule has 2 atom stereocenters. The molecule has 0 saturated heterocycles. The van der Waals surface area contributed by atoms with E-state index >= 15 is 0 Å². The van der Waals surface area contributed by atoms with Crippen LogP contribution >= 0.6 is 0 Å². The molecule has 0 radical (unpaired) electrons. The number of carbonyl (C=O) groups is 1. The van der Waals surface area contributed by atoms with Crippen molar-refractivity contribution in [2.75, 3.05) is 6.54 Å². The number of benzene rings is 2. The Labute approximate surface area is 158 Å². The maximum Gasteiger partial charge on any atom is 0.336 e. The van der Waals surface area contributed by atoms with E-state index in [1.165, 1.54) is 11.6 Å². The molecule has 2 aromatic carbocycles. The van der Waals surface area contributed by atoms with Gasteiger partial charge in [-0.25, -0.2) is 4.79 Å². The summed E-state index contributed by atoms with van der Waals surface area (Å²) in [5, 5.41) is 3.76. The highest BCUT2D eigenvalue weighted by Crippen LogP contribution is 2.21. The third kappa shape index (κ3) is 4.76. The summed E-state index contributed by atoms with van der Waals surface area (Å²) in [6, 6.07) is 18.4. The van der Waals surface area contributed by atoms with Crippen LogP contribution in [0.25, 0.3) is 11.0 Å². The van der Waals surface area contributed by atoms with Crippen LogP contribution in [0.2, 0.25) is 0 Å². The number of hydrogen-bond acceptors (Lipinski definition) is 4. The van der Waals surface area contributed by atoms with Crippen LogP contribution in [0.5, 0.6) is 5.75 Å². The Kier molecular flexibility index (Phi) is 5.91. The van der Waals surface area contributed by atoms with Gasteiger partial charge in [0.1, 0.15) is 11.3 Å². The summed E-state index contributed by atoms with van der Waals surface area (Å²) >= 11 is 0. The second-order valence-electron chi connectivity index (χ2n) is 6.48. The highest BCUT2D eigenvalue weighted by molar-refractivity contribution is 5.81. The predicted molar refractivity (Wildman–Crippen MR) is 105 cm³/mol.